The van der Waals surface area contributed by atoms with Gasteiger partial charge in [0.1, 0.15) is 0 Å². The van der Waals surface area contributed by atoms with E-state index in [2.05, 4.69) is 41.5 Å². The van der Waals surface area contributed by atoms with E-state index in [4.69, 9.17) is 4.74 Å². The Morgan fingerprint density at radius 1 is 1.18 bits per heavy atom. The van der Waals surface area contributed by atoms with Crippen molar-refractivity contribution in [3.63, 3.8) is 0 Å². The Balaban J connectivity index is 1.99. The third-order valence-corrected chi connectivity index (χ3v) is 3.54. The molecule has 0 bridgehead atoms. The van der Waals surface area contributed by atoms with Crippen molar-refractivity contribution in [3.8, 4) is 11.7 Å². The minimum Gasteiger partial charge on any atom is -0.462 e. The van der Waals surface area contributed by atoms with Gasteiger partial charge in [-0.15, -0.1) is 0 Å². The molecule has 0 amide bonds. The highest BCUT2D eigenvalue weighted by Gasteiger charge is 2.09. The molecule has 1 radical (unpaired) electrons. The predicted molar refractivity (Wildman–Crippen MR) is 87.1 cm³/mol. The van der Waals surface area contributed by atoms with Crippen LogP contribution in [0, 0.1) is 6.92 Å². The summed E-state index contributed by atoms with van der Waals surface area (Å²) in [5.41, 5.74) is 2.21. The van der Waals surface area contributed by atoms with E-state index >= 15 is 0 Å². The molecule has 0 N–H and O–H groups in total. The molecule has 1 heterocycles. The second-order valence-electron chi connectivity index (χ2n) is 5.41. The number of aryl methyl sites for hydroxylation is 1. The average Bonchev–Trinajstić information content (AvgIpc) is 3.01. The molecular formula is C17H25N4O. The SMILES string of the molecule is [CH2]CCCc1cccc(-n2nnnc2OCCCCCC)c1. The highest BCUT2D eigenvalue weighted by Crippen LogP contribution is 2.16. The molecule has 0 fully saturated rings. The zero-order valence-electron chi connectivity index (χ0n) is 13.4. The second-order valence-corrected chi connectivity index (χ2v) is 5.41. The summed E-state index contributed by atoms with van der Waals surface area (Å²) in [5.74, 6) is 0. The third kappa shape index (κ3) is 4.83. The van der Waals surface area contributed by atoms with Crippen LogP contribution >= 0.6 is 0 Å². The van der Waals surface area contributed by atoms with Gasteiger partial charge < -0.3 is 4.74 Å². The normalized spacial score (nSPS) is 10.8. The summed E-state index contributed by atoms with van der Waals surface area (Å²) in [6.45, 7) is 6.74. The number of rotatable bonds is 10. The number of hydrogen-bond acceptors (Lipinski definition) is 4. The summed E-state index contributed by atoms with van der Waals surface area (Å²) < 4.78 is 7.38. The van der Waals surface area contributed by atoms with E-state index in [0.29, 0.717) is 12.6 Å². The minimum absolute atomic E-state index is 0.464. The molecule has 1 aromatic heterocycles. The van der Waals surface area contributed by atoms with Gasteiger partial charge in [0.15, 0.2) is 0 Å². The fourth-order valence-corrected chi connectivity index (χ4v) is 2.30. The lowest BCUT2D eigenvalue weighted by Gasteiger charge is -2.08. The van der Waals surface area contributed by atoms with E-state index in [-0.39, 0.29) is 0 Å². The van der Waals surface area contributed by atoms with E-state index in [1.807, 2.05) is 12.1 Å². The maximum atomic E-state index is 5.72. The van der Waals surface area contributed by atoms with Crippen molar-refractivity contribution in [2.24, 2.45) is 0 Å². The topological polar surface area (TPSA) is 52.8 Å². The van der Waals surface area contributed by atoms with Crippen LogP contribution in [0.4, 0.5) is 0 Å². The molecule has 1 aromatic carbocycles. The quantitative estimate of drug-likeness (QED) is 0.627. The van der Waals surface area contributed by atoms with Crippen molar-refractivity contribution in [1.82, 2.24) is 20.2 Å². The molecule has 0 spiro atoms. The van der Waals surface area contributed by atoms with Crippen molar-refractivity contribution in [2.75, 3.05) is 6.61 Å². The van der Waals surface area contributed by atoms with Gasteiger partial charge in [-0.3, -0.25) is 0 Å². The van der Waals surface area contributed by atoms with Crippen molar-refractivity contribution in [3.05, 3.63) is 36.8 Å². The van der Waals surface area contributed by atoms with Crippen LogP contribution in [0.1, 0.15) is 51.0 Å². The lowest BCUT2D eigenvalue weighted by molar-refractivity contribution is 0.274. The molecule has 0 saturated carbocycles. The van der Waals surface area contributed by atoms with Gasteiger partial charge in [-0.1, -0.05) is 56.8 Å². The Bertz CT molecular complexity index is 553. The number of benzene rings is 1. The predicted octanol–water partition coefficient (Wildman–Crippen LogP) is 3.78. The summed E-state index contributed by atoms with van der Waals surface area (Å²) in [7, 11) is 0. The van der Waals surface area contributed by atoms with Crippen LogP contribution in [0.25, 0.3) is 5.69 Å². The van der Waals surface area contributed by atoms with Crippen molar-refractivity contribution in [2.45, 2.75) is 51.9 Å². The van der Waals surface area contributed by atoms with Crippen LogP contribution in [-0.2, 0) is 6.42 Å². The number of nitrogens with zero attached hydrogens (tertiary/aromatic N) is 4. The van der Waals surface area contributed by atoms with Crippen LogP contribution in [0.15, 0.2) is 24.3 Å². The molecule has 5 heteroatoms. The molecule has 119 valence electrons. The van der Waals surface area contributed by atoms with Crippen molar-refractivity contribution in [1.29, 1.82) is 0 Å². The fourth-order valence-electron chi connectivity index (χ4n) is 2.30. The maximum absolute atomic E-state index is 5.72. The Morgan fingerprint density at radius 2 is 2.09 bits per heavy atom. The molecule has 0 aliphatic rings. The Labute approximate surface area is 132 Å². The van der Waals surface area contributed by atoms with Crippen LogP contribution in [0.2, 0.25) is 0 Å². The van der Waals surface area contributed by atoms with Gasteiger partial charge >= 0.3 is 6.01 Å². The highest BCUT2D eigenvalue weighted by molar-refractivity contribution is 5.36. The second kappa shape index (κ2) is 9.18. The number of aromatic nitrogens is 4. The first-order valence-corrected chi connectivity index (χ1v) is 8.15. The highest BCUT2D eigenvalue weighted by atomic mass is 16.5. The molecule has 0 saturated heterocycles. The number of hydrogen-bond donors (Lipinski definition) is 0. The molecule has 0 atom stereocenters. The summed E-state index contributed by atoms with van der Waals surface area (Å²) >= 11 is 0. The monoisotopic (exact) mass is 301 g/mol. The van der Waals surface area contributed by atoms with Gasteiger partial charge in [0.25, 0.3) is 0 Å². The lowest BCUT2D eigenvalue weighted by Crippen LogP contribution is -2.05. The van der Waals surface area contributed by atoms with E-state index in [0.717, 1.165) is 31.4 Å². The third-order valence-electron chi connectivity index (χ3n) is 3.54. The van der Waals surface area contributed by atoms with Crippen LogP contribution < -0.4 is 4.74 Å². The van der Waals surface area contributed by atoms with Crippen LogP contribution in [0.3, 0.4) is 0 Å². The molecule has 22 heavy (non-hydrogen) atoms. The van der Waals surface area contributed by atoms with E-state index in [1.165, 1.54) is 24.8 Å². The molecule has 2 aromatic rings. The smallest absolute Gasteiger partial charge is 0.340 e. The minimum atomic E-state index is 0.464. The van der Waals surface area contributed by atoms with Gasteiger partial charge in [-0.2, -0.15) is 4.68 Å². The van der Waals surface area contributed by atoms with Crippen molar-refractivity contribution < 1.29 is 4.74 Å². The van der Waals surface area contributed by atoms with E-state index < -0.39 is 0 Å². The van der Waals surface area contributed by atoms with Crippen LogP contribution in [-0.4, -0.2) is 26.8 Å². The fraction of sp³-hybridized carbons (Fsp3) is 0.529. The van der Waals surface area contributed by atoms with E-state index in [9.17, 15) is 0 Å². The van der Waals surface area contributed by atoms with Crippen LogP contribution in [0.5, 0.6) is 6.01 Å². The van der Waals surface area contributed by atoms with Gasteiger partial charge in [0, 0.05) is 0 Å². The molecule has 2 rings (SSSR count). The van der Waals surface area contributed by atoms with Gasteiger partial charge in [0.2, 0.25) is 0 Å². The molecule has 0 unspecified atom stereocenters. The molecular weight excluding hydrogens is 276 g/mol. The number of unbranched alkanes of at least 4 members (excludes halogenated alkanes) is 4. The summed E-state index contributed by atoms with van der Waals surface area (Å²) in [5, 5.41) is 11.7. The zero-order valence-corrected chi connectivity index (χ0v) is 13.4. The van der Waals surface area contributed by atoms with Crippen molar-refractivity contribution >= 4 is 0 Å². The first-order chi connectivity index (χ1) is 10.8. The molecule has 0 aliphatic heterocycles. The summed E-state index contributed by atoms with van der Waals surface area (Å²) in [4.78, 5) is 0. The Hall–Kier alpha value is -1.91. The number of ether oxygens (including phenoxy) is 1. The summed E-state index contributed by atoms with van der Waals surface area (Å²) in [6, 6.07) is 8.71. The van der Waals surface area contributed by atoms with Gasteiger partial charge in [-0.25, -0.2) is 0 Å². The molecule has 0 aliphatic carbocycles. The lowest BCUT2D eigenvalue weighted by atomic mass is 10.1. The number of tetrazole rings is 1. The zero-order chi connectivity index (χ0) is 15.6. The maximum Gasteiger partial charge on any atom is 0.340 e. The summed E-state index contributed by atoms with van der Waals surface area (Å²) in [6.07, 6.45) is 7.72. The van der Waals surface area contributed by atoms with E-state index in [1.54, 1.807) is 4.68 Å². The van der Waals surface area contributed by atoms with Gasteiger partial charge in [0.05, 0.1) is 12.3 Å². The standard InChI is InChI=1S/C17H25N4O/c1-3-5-7-8-13-22-17-18-19-20-21(17)16-12-9-11-15(14-16)10-6-4-2/h9,11-12,14H,2-8,10,13H2,1H3. The Morgan fingerprint density at radius 3 is 2.91 bits per heavy atom. The largest absolute Gasteiger partial charge is 0.462 e. The first-order valence-electron chi connectivity index (χ1n) is 8.15. The molecule has 5 nitrogen and oxygen atoms in total. The Kier molecular flexibility index (Phi) is 6.87. The van der Waals surface area contributed by atoms with Gasteiger partial charge in [-0.05, 0) is 47.4 Å². The average molecular weight is 301 g/mol. The first kappa shape index (κ1) is 16.5.